The van der Waals surface area contributed by atoms with Gasteiger partial charge in [-0.05, 0) is 49.7 Å². The number of likely N-dealkylation sites (tertiary alicyclic amines) is 1. The van der Waals surface area contributed by atoms with Crippen LogP contribution >= 0.6 is 0 Å². The molecular weight excluding hydrogens is 443 g/mol. The molecule has 1 aliphatic heterocycles. The van der Waals surface area contributed by atoms with Gasteiger partial charge in [0.1, 0.15) is 5.82 Å². The quantitative estimate of drug-likeness (QED) is 0.505. The fourth-order valence-electron chi connectivity index (χ4n) is 2.96. The molecule has 1 saturated heterocycles. The highest BCUT2D eigenvalue weighted by Crippen LogP contribution is 2.33. The van der Waals surface area contributed by atoms with Crippen LogP contribution in [0.4, 0.5) is 30.7 Å². The van der Waals surface area contributed by atoms with Crippen LogP contribution in [0, 0.1) is 5.82 Å². The third-order valence-electron chi connectivity index (χ3n) is 4.32. The standard InChI is InChI=1S/C13H15F4N.C7H5F3.C2H4O2/c14-11-4-5-12(13(15,16)17)10(8-11)9-18-6-2-1-3-7-18;8-7(9,10)6-4-2-1-3-5-6;1-2(3)4/h4-5,8H,1-3,6-7,9H2;1-5H;1H3,(H,3,4). The van der Waals surface area contributed by atoms with E-state index in [-0.39, 0.29) is 12.1 Å². The van der Waals surface area contributed by atoms with Gasteiger partial charge in [0.2, 0.25) is 0 Å². The van der Waals surface area contributed by atoms with Crippen molar-refractivity contribution in [1.82, 2.24) is 4.90 Å². The zero-order valence-corrected chi connectivity index (χ0v) is 17.3. The van der Waals surface area contributed by atoms with Crippen LogP contribution in [0.15, 0.2) is 48.5 Å². The van der Waals surface area contributed by atoms with E-state index in [4.69, 9.17) is 9.90 Å². The number of piperidine rings is 1. The van der Waals surface area contributed by atoms with Crippen LogP contribution in [0.2, 0.25) is 0 Å². The molecule has 1 heterocycles. The average Bonchev–Trinajstić information content (AvgIpc) is 2.68. The molecule has 3 rings (SSSR count). The van der Waals surface area contributed by atoms with Gasteiger partial charge in [-0.25, -0.2) is 4.39 Å². The van der Waals surface area contributed by atoms with Crippen molar-refractivity contribution in [3.63, 3.8) is 0 Å². The number of hydrogen-bond acceptors (Lipinski definition) is 2. The number of benzene rings is 2. The van der Waals surface area contributed by atoms with Gasteiger partial charge in [0.05, 0.1) is 11.1 Å². The number of carboxylic acid groups (broad SMARTS) is 1. The number of nitrogens with zero attached hydrogens (tertiary/aromatic N) is 1. The zero-order chi connectivity index (χ0) is 24.4. The smallest absolute Gasteiger partial charge is 0.416 e. The summed E-state index contributed by atoms with van der Waals surface area (Å²) in [6, 6.07) is 9.05. The van der Waals surface area contributed by atoms with Gasteiger partial charge in [-0.2, -0.15) is 26.3 Å². The van der Waals surface area contributed by atoms with E-state index in [0.717, 1.165) is 69.6 Å². The van der Waals surface area contributed by atoms with Crippen molar-refractivity contribution >= 4 is 5.97 Å². The topological polar surface area (TPSA) is 40.5 Å². The van der Waals surface area contributed by atoms with Gasteiger partial charge in [-0.1, -0.05) is 36.8 Å². The van der Waals surface area contributed by atoms with Crippen molar-refractivity contribution in [2.24, 2.45) is 0 Å². The lowest BCUT2D eigenvalue weighted by Gasteiger charge is -2.27. The minimum absolute atomic E-state index is 0.0319. The third-order valence-corrected chi connectivity index (χ3v) is 4.32. The van der Waals surface area contributed by atoms with Crippen LogP contribution < -0.4 is 0 Å². The Balaban J connectivity index is 0.000000307. The fourth-order valence-corrected chi connectivity index (χ4v) is 2.96. The Bertz CT molecular complexity index is 826. The van der Waals surface area contributed by atoms with E-state index in [2.05, 4.69) is 0 Å². The molecule has 2 aromatic rings. The first kappa shape index (κ1) is 27.4. The number of carbonyl (C=O) groups is 1. The Morgan fingerprint density at radius 2 is 1.44 bits per heavy atom. The van der Waals surface area contributed by atoms with Crippen LogP contribution in [0.25, 0.3) is 0 Å². The van der Waals surface area contributed by atoms with Gasteiger partial charge >= 0.3 is 12.4 Å². The Hall–Kier alpha value is -2.62. The molecule has 2 aromatic carbocycles. The van der Waals surface area contributed by atoms with Crippen LogP contribution in [-0.2, 0) is 23.7 Å². The second-order valence-electron chi connectivity index (χ2n) is 7.02. The predicted molar refractivity (Wildman–Crippen MR) is 105 cm³/mol. The molecule has 178 valence electrons. The Kier molecular flexibility index (Phi) is 10.6. The molecule has 10 heteroatoms. The molecule has 0 unspecified atom stereocenters. The first-order valence-electron chi connectivity index (χ1n) is 9.70. The van der Waals surface area contributed by atoms with Crippen molar-refractivity contribution in [3.8, 4) is 0 Å². The average molecular weight is 467 g/mol. The Morgan fingerprint density at radius 3 is 1.88 bits per heavy atom. The lowest BCUT2D eigenvalue weighted by Crippen LogP contribution is -2.30. The van der Waals surface area contributed by atoms with Gasteiger partial charge in [-0.3, -0.25) is 9.69 Å². The number of carboxylic acids is 1. The molecule has 3 nitrogen and oxygen atoms in total. The molecule has 0 saturated carbocycles. The summed E-state index contributed by atoms with van der Waals surface area (Å²) in [5, 5.41) is 7.42. The summed E-state index contributed by atoms with van der Waals surface area (Å²) in [7, 11) is 0. The second-order valence-corrected chi connectivity index (χ2v) is 7.02. The van der Waals surface area contributed by atoms with Crippen LogP contribution in [0.5, 0.6) is 0 Å². The van der Waals surface area contributed by atoms with E-state index in [1.54, 1.807) is 6.07 Å². The van der Waals surface area contributed by atoms with Crippen molar-refractivity contribution in [2.45, 2.75) is 45.1 Å². The van der Waals surface area contributed by atoms with Crippen LogP contribution in [0.1, 0.15) is 42.9 Å². The maximum absolute atomic E-state index is 13.1. The van der Waals surface area contributed by atoms with E-state index in [0.29, 0.717) is 0 Å². The summed E-state index contributed by atoms with van der Waals surface area (Å²) in [6.45, 7) is 2.83. The van der Waals surface area contributed by atoms with E-state index in [1.807, 2.05) is 4.90 Å². The van der Waals surface area contributed by atoms with Crippen LogP contribution in [-0.4, -0.2) is 29.1 Å². The molecule has 0 aliphatic carbocycles. The van der Waals surface area contributed by atoms with Crippen LogP contribution in [0.3, 0.4) is 0 Å². The van der Waals surface area contributed by atoms with Crippen molar-refractivity contribution < 1.29 is 40.6 Å². The summed E-state index contributed by atoms with van der Waals surface area (Å²) in [4.78, 5) is 11.0. The van der Waals surface area contributed by atoms with E-state index < -0.39 is 35.3 Å². The SMILES string of the molecule is CC(=O)O.FC(F)(F)c1ccccc1.Fc1ccc(C(F)(F)F)c(CN2CCCCC2)c1. The molecule has 32 heavy (non-hydrogen) atoms. The molecular formula is C22H24F7NO2. The summed E-state index contributed by atoms with van der Waals surface area (Å²) in [5.74, 6) is -1.45. The molecule has 0 atom stereocenters. The monoisotopic (exact) mass is 467 g/mol. The number of hydrogen-bond donors (Lipinski definition) is 1. The molecule has 1 aliphatic rings. The first-order chi connectivity index (χ1) is 14.8. The molecule has 0 amide bonds. The van der Waals surface area contributed by atoms with Gasteiger partial charge in [0.15, 0.2) is 0 Å². The Labute approximate surface area is 181 Å². The van der Waals surface area contributed by atoms with Gasteiger partial charge in [-0.15, -0.1) is 0 Å². The summed E-state index contributed by atoms with van der Waals surface area (Å²) in [5.41, 5.74) is -1.30. The van der Waals surface area contributed by atoms with Gasteiger partial charge in [0, 0.05) is 13.5 Å². The highest BCUT2D eigenvalue weighted by Gasteiger charge is 2.33. The number of alkyl halides is 6. The molecule has 0 bridgehead atoms. The lowest BCUT2D eigenvalue weighted by atomic mass is 10.0. The van der Waals surface area contributed by atoms with Gasteiger partial charge in [0.25, 0.3) is 5.97 Å². The van der Waals surface area contributed by atoms with E-state index in [9.17, 15) is 30.7 Å². The lowest BCUT2D eigenvalue weighted by molar-refractivity contribution is -0.139. The summed E-state index contributed by atoms with van der Waals surface area (Å²) in [6.07, 6.45) is -5.51. The minimum Gasteiger partial charge on any atom is -0.481 e. The molecule has 1 N–H and O–H groups in total. The second kappa shape index (κ2) is 12.4. The van der Waals surface area contributed by atoms with Crippen molar-refractivity contribution in [1.29, 1.82) is 0 Å². The summed E-state index contributed by atoms with van der Waals surface area (Å²) < 4.78 is 86.8. The zero-order valence-electron chi connectivity index (χ0n) is 17.3. The summed E-state index contributed by atoms with van der Waals surface area (Å²) >= 11 is 0. The maximum Gasteiger partial charge on any atom is 0.416 e. The highest BCUT2D eigenvalue weighted by molar-refractivity contribution is 5.62. The molecule has 0 radical (unpaired) electrons. The predicted octanol–water partition coefficient (Wildman–Crippen LogP) is 6.63. The number of halogens is 7. The first-order valence-corrected chi connectivity index (χ1v) is 9.70. The van der Waals surface area contributed by atoms with E-state index >= 15 is 0 Å². The third kappa shape index (κ3) is 10.6. The Morgan fingerprint density at radius 1 is 0.906 bits per heavy atom. The normalized spacial score (nSPS) is 14.5. The molecule has 0 aromatic heterocycles. The highest BCUT2D eigenvalue weighted by atomic mass is 19.4. The number of aliphatic carboxylic acids is 1. The van der Waals surface area contributed by atoms with E-state index in [1.165, 1.54) is 12.1 Å². The minimum atomic E-state index is -4.42. The maximum atomic E-state index is 13.1. The van der Waals surface area contributed by atoms with Gasteiger partial charge < -0.3 is 5.11 Å². The number of rotatable bonds is 2. The largest absolute Gasteiger partial charge is 0.481 e. The van der Waals surface area contributed by atoms with Crippen molar-refractivity contribution in [3.05, 3.63) is 71.0 Å². The fraction of sp³-hybridized carbons (Fsp3) is 0.409. The van der Waals surface area contributed by atoms with Crippen molar-refractivity contribution in [2.75, 3.05) is 13.1 Å². The molecule has 0 spiro atoms. The molecule has 1 fully saturated rings.